The minimum absolute atomic E-state index is 0.0158. The van der Waals surface area contributed by atoms with E-state index in [4.69, 9.17) is 9.15 Å². The lowest BCUT2D eigenvalue weighted by Crippen LogP contribution is -2.34. The molecule has 2 aromatic heterocycles. The van der Waals surface area contributed by atoms with E-state index in [1.165, 1.54) is 0 Å². The first kappa shape index (κ1) is 16.4. The van der Waals surface area contributed by atoms with Gasteiger partial charge in [0.25, 0.3) is 5.91 Å². The predicted molar refractivity (Wildman–Crippen MR) is 96.9 cm³/mol. The number of aryl methyl sites for hydroxylation is 2. The fraction of sp³-hybridized carbons (Fsp3) is 0.300. The minimum Gasteiger partial charge on any atom is -0.488 e. The molecule has 134 valence electrons. The van der Waals surface area contributed by atoms with Gasteiger partial charge in [0, 0.05) is 30.6 Å². The average molecular weight is 351 g/mol. The number of amides is 1. The minimum atomic E-state index is -0.170. The Balaban J connectivity index is 1.51. The number of nitrogens with zero attached hydrogens (tertiary/aromatic N) is 2. The second kappa shape index (κ2) is 6.71. The second-order valence-electron chi connectivity index (χ2n) is 6.58. The van der Waals surface area contributed by atoms with Crippen LogP contribution in [0.1, 0.15) is 35.2 Å². The Morgan fingerprint density at radius 2 is 2.15 bits per heavy atom. The van der Waals surface area contributed by atoms with Gasteiger partial charge in [0.2, 0.25) is 0 Å². The Morgan fingerprint density at radius 1 is 1.31 bits per heavy atom. The lowest BCUT2D eigenvalue weighted by molar-refractivity contribution is 0.0930. The van der Waals surface area contributed by atoms with Crippen molar-refractivity contribution in [2.45, 2.75) is 32.4 Å². The Kier molecular flexibility index (Phi) is 4.24. The third-order valence-corrected chi connectivity index (χ3v) is 4.66. The molecule has 0 spiro atoms. The predicted octanol–water partition coefficient (Wildman–Crippen LogP) is 3.32. The third-order valence-electron chi connectivity index (χ3n) is 4.66. The molecule has 6 heteroatoms. The van der Waals surface area contributed by atoms with Crippen molar-refractivity contribution in [1.29, 1.82) is 0 Å². The van der Waals surface area contributed by atoms with E-state index >= 15 is 0 Å². The monoisotopic (exact) mass is 351 g/mol. The Morgan fingerprint density at radius 3 is 2.96 bits per heavy atom. The zero-order valence-corrected chi connectivity index (χ0v) is 14.9. The Labute approximate surface area is 151 Å². The summed E-state index contributed by atoms with van der Waals surface area (Å²) < 4.78 is 12.9. The fourth-order valence-corrected chi connectivity index (χ4v) is 3.34. The highest BCUT2D eigenvalue weighted by Gasteiger charge is 2.28. The van der Waals surface area contributed by atoms with Crippen LogP contribution in [-0.2, 0) is 20.1 Å². The number of aromatic nitrogens is 2. The first-order valence-corrected chi connectivity index (χ1v) is 8.75. The molecule has 3 aromatic rings. The molecule has 0 unspecified atom stereocenters. The molecule has 0 saturated heterocycles. The molecule has 0 fully saturated rings. The van der Waals surface area contributed by atoms with Crippen LogP contribution in [0.25, 0.3) is 11.3 Å². The van der Waals surface area contributed by atoms with Crippen molar-refractivity contribution in [3.8, 4) is 17.0 Å². The molecule has 1 aliphatic heterocycles. The molecule has 1 N–H and O–H groups in total. The van der Waals surface area contributed by atoms with Crippen molar-refractivity contribution in [3.63, 3.8) is 0 Å². The summed E-state index contributed by atoms with van der Waals surface area (Å²) in [4.78, 5) is 12.7. The molecule has 1 aliphatic rings. The van der Waals surface area contributed by atoms with Gasteiger partial charge in [0.1, 0.15) is 18.1 Å². The molecule has 0 radical (unpaired) electrons. The largest absolute Gasteiger partial charge is 0.488 e. The van der Waals surface area contributed by atoms with Crippen LogP contribution < -0.4 is 10.1 Å². The molecule has 1 amide bonds. The number of rotatable bonds is 5. The molecule has 26 heavy (non-hydrogen) atoms. The Bertz CT molecular complexity index is 928. The van der Waals surface area contributed by atoms with E-state index < -0.39 is 0 Å². The molecule has 4 rings (SSSR count). The topological polar surface area (TPSA) is 69.3 Å². The highest BCUT2D eigenvalue weighted by atomic mass is 16.5. The molecular formula is C20H21N3O3. The summed E-state index contributed by atoms with van der Waals surface area (Å²) in [5, 5.41) is 7.49. The zero-order valence-electron chi connectivity index (χ0n) is 14.9. The maximum atomic E-state index is 12.7. The lowest BCUT2D eigenvalue weighted by Gasteiger charge is -2.19. The third kappa shape index (κ3) is 2.98. The van der Waals surface area contributed by atoms with Gasteiger partial charge in [0.05, 0.1) is 12.0 Å². The van der Waals surface area contributed by atoms with Gasteiger partial charge >= 0.3 is 0 Å². The number of hydrogen-bond acceptors (Lipinski definition) is 4. The smallest absolute Gasteiger partial charge is 0.272 e. The van der Waals surface area contributed by atoms with E-state index in [1.807, 2.05) is 50.4 Å². The normalized spacial score (nSPS) is 13.5. The van der Waals surface area contributed by atoms with Crippen LogP contribution in [0.3, 0.4) is 0 Å². The SMILES string of the molecule is C[C@H](CCc1ccco1)NC(=O)c1nn(C)c2c1COc1ccccc1-2. The number of fused-ring (bicyclic) bond motifs is 3. The number of carbonyl (C=O) groups is 1. The summed E-state index contributed by atoms with van der Waals surface area (Å²) in [6.45, 7) is 2.34. The number of carbonyl (C=O) groups excluding carboxylic acids is 1. The van der Waals surface area contributed by atoms with Crippen LogP contribution in [0.5, 0.6) is 5.75 Å². The van der Waals surface area contributed by atoms with Crippen LogP contribution in [0.4, 0.5) is 0 Å². The van der Waals surface area contributed by atoms with E-state index in [1.54, 1.807) is 10.9 Å². The maximum Gasteiger partial charge on any atom is 0.272 e. The Hall–Kier alpha value is -3.02. The first-order valence-electron chi connectivity index (χ1n) is 8.75. The van der Waals surface area contributed by atoms with Gasteiger partial charge in [-0.15, -0.1) is 0 Å². The van der Waals surface area contributed by atoms with E-state index in [0.717, 1.165) is 41.2 Å². The summed E-state index contributed by atoms with van der Waals surface area (Å²) in [5.41, 5.74) is 3.18. The van der Waals surface area contributed by atoms with Crippen LogP contribution >= 0.6 is 0 Å². The molecule has 1 atom stereocenters. The van der Waals surface area contributed by atoms with Gasteiger partial charge in [-0.25, -0.2) is 0 Å². The molecule has 1 aromatic carbocycles. The van der Waals surface area contributed by atoms with E-state index in [2.05, 4.69) is 10.4 Å². The number of nitrogens with one attached hydrogen (secondary N) is 1. The van der Waals surface area contributed by atoms with Crippen molar-refractivity contribution in [2.24, 2.45) is 7.05 Å². The maximum absolute atomic E-state index is 12.7. The standard InChI is InChI=1S/C20H21N3O3/c1-13(9-10-14-6-5-11-25-14)21-20(24)18-16-12-26-17-8-4-3-7-15(17)19(16)23(2)22-18/h3-8,11,13H,9-10,12H2,1-2H3,(H,21,24)/t13-/m1/s1. The van der Waals surface area contributed by atoms with E-state index in [9.17, 15) is 4.79 Å². The van der Waals surface area contributed by atoms with Gasteiger partial charge in [-0.3, -0.25) is 9.48 Å². The van der Waals surface area contributed by atoms with Crippen LogP contribution in [-0.4, -0.2) is 21.7 Å². The summed E-state index contributed by atoms with van der Waals surface area (Å²) in [7, 11) is 1.86. The quantitative estimate of drug-likeness (QED) is 0.765. The summed E-state index contributed by atoms with van der Waals surface area (Å²) >= 11 is 0. The number of hydrogen-bond donors (Lipinski definition) is 1. The summed E-state index contributed by atoms with van der Waals surface area (Å²) in [5.74, 6) is 1.57. The molecular weight excluding hydrogens is 330 g/mol. The van der Waals surface area contributed by atoms with E-state index in [-0.39, 0.29) is 11.9 Å². The van der Waals surface area contributed by atoms with Crippen molar-refractivity contribution in [1.82, 2.24) is 15.1 Å². The molecule has 6 nitrogen and oxygen atoms in total. The van der Waals surface area contributed by atoms with Crippen molar-refractivity contribution < 1.29 is 13.9 Å². The highest BCUT2D eigenvalue weighted by molar-refractivity contribution is 5.96. The summed E-state index contributed by atoms with van der Waals surface area (Å²) in [6.07, 6.45) is 3.25. The van der Waals surface area contributed by atoms with Gasteiger partial charge < -0.3 is 14.5 Å². The van der Waals surface area contributed by atoms with Crippen LogP contribution in [0, 0.1) is 0 Å². The molecule has 0 bridgehead atoms. The fourth-order valence-electron chi connectivity index (χ4n) is 3.34. The highest BCUT2D eigenvalue weighted by Crippen LogP contribution is 2.38. The van der Waals surface area contributed by atoms with Gasteiger partial charge in [0.15, 0.2) is 5.69 Å². The molecule has 0 aliphatic carbocycles. The van der Waals surface area contributed by atoms with Crippen molar-refractivity contribution in [2.75, 3.05) is 0 Å². The van der Waals surface area contributed by atoms with Crippen molar-refractivity contribution in [3.05, 3.63) is 59.7 Å². The number of furan rings is 1. The lowest BCUT2D eigenvalue weighted by atomic mass is 10.0. The van der Waals surface area contributed by atoms with Gasteiger partial charge in [-0.05, 0) is 37.6 Å². The molecule has 0 saturated carbocycles. The van der Waals surface area contributed by atoms with Gasteiger partial charge in [-0.1, -0.05) is 12.1 Å². The van der Waals surface area contributed by atoms with Gasteiger partial charge in [-0.2, -0.15) is 5.10 Å². The number of benzene rings is 1. The molecule has 3 heterocycles. The van der Waals surface area contributed by atoms with E-state index in [0.29, 0.717) is 12.3 Å². The van der Waals surface area contributed by atoms with Crippen LogP contribution in [0.15, 0.2) is 47.1 Å². The second-order valence-corrected chi connectivity index (χ2v) is 6.58. The zero-order chi connectivity index (χ0) is 18.1. The number of para-hydroxylation sites is 1. The van der Waals surface area contributed by atoms with Crippen LogP contribution in [0.2, 0.25) is 0 Å². The average Bonchev–Trinajstić information content (AvgIpc) is 3.28. The number of ether oxygens (including phenoxy) is 1. The van der Waals surface area contributed by atoms with Crippen molar-refractivity contribution >= 4 is 5.91 Å². The summed E-state index contributed by atoms with van der Waals surface area (Å²) in [6, 6.07) is 11.6. The first-order chi connectivity index (χ1) is 12.6.